The lowest BCUT2D eigenvalue weighted by atomic mass is 10.0. The molecule has 21 heavy (non-hydrogen) atoms. The Balaban J connectivity index is 2.26. The van der Waals surface area contributed by atoms with Crippen molar-refractivity contribution < 1.29 is 9.53 Å². The summed E-state index contributed by atoms with van der Waals surface area (Å²) in [7, 11) is 1.59. The summed E-state index contributed by atoms with van der Waals surface area (Å²) in [6, 6.07) is 8.63. The summed E-state index contributed by atoms with van der Waals surface area (Å²) in [5.41, 5.74) is 0.690. The van der Waals surface area contributed by atoms with Gasteiger partial charge in [-0.3, -0.25) is 9.59 Å². The van der Waals surface area contributed by atoms with Gasteiger partial charge in [-0.1, -0.05) is 25.1 Å². The minimum Gasteiger partial charge on any atom is -0.496 e. The highest BCUT2D eigenvalue weighted by Crippen LogP contribution is 2.26. The van der Waals surface area contributed by atoms with E-state index in [1.54, 1.807) is 7.11 Å². The van der Waals surface area contributed by atoms with Gasteiger partial charge in [0.1, 0.15) is 11.3 Å². The number of H-pyrrole nitrogens is 1. The van der Waals surface area contributed by atoms with Gasteiger partial charge in [-0.2, -0.15) is 0 Å². The molecule has 1 amide bonds. The maximum Gasteiger partial charge on any atom is 0.257 e. The lowest BCUT2D eigenvalue weighted by Gasteiger charge is -2.19. The van der Waals surface area contributed by atoms with Crippen LogP contribution in [0.1, 0.15) is 35.3 Å². The van der Waals surface area contributed by atoms with Crippen molar-refractivity contribution in [2.45, 2.75) is 19.4 Å². The highest BCUT2D eigenvalue weighted by atomic mass is 16.5. The minimum absolute atomic E-state index is 0.103. The van der Waals surface area contributed by atoms with Crippen LogP contribution in [0.4, 0.5) is 0 Å². The Hall–Kier alpha value is -2.56. The number of ether oxygens (including phenoxy) is 1. The molecular formula is C16H18N2O3. The molecule has 1 unspecified atom stereocenters. The second-order valence-corrected chi connectivity index (χ2v) is 4.60. The van der Waals surface area contributed by atoms with E-state index in [0.717, 1.165) is 5.56 Å². The number of aromatic amines is 1. The molecule has 0 radical (unpaired) electrons. The van der Waals surface area contributed by atoms with Gasteiger partial charge in [0.2, 0.25) is 0 Å². The third-order valence-corrected chi connectivity index (χ3v) is 3.30. The van der Waals surface area contributed by atoms with Crippen LogP contribution in [-0.4, -0.2) is 18.0 Å². The van der Waals surface area contributed by atoms with Crippen LogP contribution in [0.5, 0.6) is 5.75 Å². The molecule has 2 N–H and O–H groups in total. The Morgan fingerprint density at radius 3 is 2.76 bits per heavy atom. The van der Waals surface area contributed by atoms with Gasteiger partial charge in [-0.25, -0.2) is 0 Å². The molecule has 0 aliphatic carbocycles. The van der Waals surface area contributed by atoms with Crippen LogP contribution in [-0.2, 0) is 0 Å². The van der Waals surface area contributed by atoms with E-state index in [1.165, 1.54) is 18.5 Å². The standard InChI is InChI=1S/C16H18N2O3/c1-3-13(11-6-4-5-7-15(11)21-2)18-16(20)12-10-17-9-8-14(12)19/h4-10,13H,3H2,1-2H3,(H,17,19)(H,18,20). The second kappa shape index (κ2) is 6.74. The largest absolute Gasteiger partial charge is 0.496 e. The number of amides is 1. The van der Waals surface area contributed by atoms with Crippen LogP contribution < -0.4 is 15.5 Å². The maximum absolute atomic E-state index is 12.2. The molecule has 5 nitrogen and oxygen atoms in total. The maximum atomic E-state index is 12.2. The van der Waals surface area contributed by atoms with E-state index in [1.807, 2.05) is 31.2 Å². The molecule has 2 rings (SSSR count). The molecule has 5 heteroatoms. The molecular weight excluding hydrogens is 268 g/mol. The Morgan fingerprint density at radius 2 is 2.10 bits per heavy atom. The summed E-state index contributed by atoms with van der Waals surface area (Å²) >= 11 is 0. The Labute approximate surface area is 123 Å². The smallest absolute Gasteiger partial charge is 0.257 e. The predicted octanol–water partition coefficient (Wildman–Crippen LogP) is 2.26. The number of aromatic nitrogens is 1. The summed E-state index contributed by atoms with van der Waals surface area (Å²) in [4.78, 5) is 26.7. The molecule has 0 saturated heterocycles. The molecule has 1 atom stereocenters. The fraction of sp³-hybridized carbons (Fsp3) is 0.250. The van der Waals surface area contributed by atoms with E-state index in [4.69, 9.17) is 4.74 Å². The van der Waals surface area contributed by atoms with Crippen molar-refractivity contribution in [3.63, 3.8) is 0 Å². The van der Waals surface area contributed by atoms with Crippen LogP contribution in [0, 0.1) is 0 Å². The molecule has 2 aromatic rings. The zero-order chi connectivity index (χ0) is 15.2. The molecule has 0 saturated carbocycles. The second-order valence-electron chi connectivity index (χ2n) is 4.60. The number of nitrogens with one attached hydrogen (secondary N) is 2. The number of pyridine rings is 1. The number of rotatable bonds is 5. The van der Waals surface area contributed by atoms with Crippen LogP contribution in [0.2, 0.25) is 0 Å². The summed E-state index contributed by atoms with van der Waals surface area (Å²) in [6.45, 7) is 1.96. The van der Waals surface area contributed by atoms with Gasteiger partial charge >= 0.3 is 0 Å². The third kappa shape index (κ3) is 3.31. The van der Waals surface area contributed by atoms with Crippen molar-refractivity contribution in [3.05, 3.63) is 64.1 Å². The quantitative estimate of drug-likeness (QED) is 0.885. The Morgan fingerprint density at radius 1 is 1.33 bits per heavy atom. The highest BCUT2D eigenvalue weighted by molar-refractivity contribution is 5.94. The van der Waals surface area contributed by atoms with Gasteiger partial charge < -0.3 is 15.0 Å². The first-order valence-corrected chi connectivity index (χ1v) is 6.78. The van der Waals surface area contributed by atoms with Gasteiger partial charge in [-0.15, -0.1) is 0 Å². The SMILES string of the molecule is CCC(NC(=O)c1c[nH]ccc1=O)c1ccccc1OC. The van der Waals surface area contributed by atoms with Gasteiger partial charge in [-0.05, 0) is 12.5 Å². The molecule has 1 aromatic heterocycles. The molecule has 0 fully saturated rings. The van der Waals surface area contributed by atoms with Gasteiger partial charge in [0.15, 0.2) is 5.43 Å². The monoisotopic (exact) mass is 286 g/mol. The summed E-state index contributed by atoms with van der Waals surface area (Å²) in [5.74, 6) is 0.321. The Kier molecular flexibility index (Phi) is 4.77. The molecule has 0 aliphatic heterocycles. The van der Waals surface area contributed by atoms with Gasteiger partial charge in [0.05, 0.1) is 13.2 Å². The zero-order valence-electron chi connectivity index (χ0n) is 12.1. The van der Waals surface area contributed by atoms with Crippen molar-refractivity contribution in [1.82, 2.24) is 10.3 Å². The zero-order valence-corrected chi connectivity index (χ0v) is 12.1. The van der Waals surface area contributed by atoms with Crippen LogP contribution in [0.25, 0.3) is 0 Å². The first kappa shape index (κ1) is 14.8. The number of hydrogen-bond acceptors (Lipinski definition) is 3. The molecule has 0 bridgehead atoms. The first-order chi connectivity index (χ1) is 10.2. The van der Waals surface area contributed by atoms with Crippen LogP contribution in [0.15, 0.2) is 47.5 Å². The molecule has 1 aromatic carbocycles. The predicted molar refractivity (Wildman–Crippen MR) is 80.6 cm³/mol. The summed E-state index contributed by atoms with van der Waals surface area (Å²) in [6.07, 6.45) is 3.60. The topological polar surface area (TPSA) is 71.2 Å². The van der Waals surface area contributed by atoms with Gasteiger partial charge in [0.25, 0.3) is 5.91 Å². The van der Waals surface area contributed by atoms with Crippen molar-refractivity contribution in [1.29, 1.82) is 0 Å². The first-order valence-electron chi connectivity index (χ1n) is 6.78. The van der Waals surface area contributed by atoms with Crippen molar-refractivity contribution in [3.8, 4) is 5.75 Å². The summed E-state index contributed by atoms with van der Waals surface area (Å²) in [5, 5.41) is 2.88. The van der Waals surface area contributed by atoms with E-state index >= 15 is 0 Å². The number of benzene rings is 1. The minimum atomic E-state index is -0.394. The normalized spacial score (nSPS) is 11.7. The van der Waals surface area contributed by atoms with E-state index in [-0.39, 0.29) is 17.0 Å². The lowest BCUT2D eigenvalue weighted by molar-refractivity contribution is 0.0933. The third-order valence-electron chi connectivity index (χ3n) is 3.30. The number of carbonyl (C=O) groups excluding carboxylic acids is 1. The Bertz CT molecular complexity index is 679. The van der Waals surface area contributed by atoms with Crippen LogP contribution in [0.3, 0.4) is 0 Å². The van der Waals surface area contributed by atoms with E-state index < -0.39 is 5.91 Å². The van der Waals surface area contributed by atoms with Gasteiger partial charge in [0, 0.05) is 24.0 Å². The average molecular weight is 286 g/mol. The fourth-order valence-corrected chi connectivity index (χ4v) is 2.18. The molecule has 0 spiro atoms. The van der Waals surface area contributed by atoms with E-state index in [0.29, 0.717) is 12.2 Å². The average Bonchev–Trinajstić information content (AvgIpc) is 2.52. The molecule has 110 valence electrons. The van der Waals surface area contributed by atoms with Crippen LogP contribution >= 0.6 is 0 Å². The number of carbonyl (C=O) groups is 1. The number of methoxy groups -OCH3 is 1. The number of hydrogen-bond donors (Lipinski definition) is 2. The van der Waals surface area contributed by atoms with Crippen molar-refractivity contribution >= 4 is 5.91 Å². The molecule has 0 aliphatic rings. The van der Waals surface area contributed by atoms with Crippen molar-refractivity contribution in [2.75, 3.05) is 7.11 Å². The molecule has 1 heterocycles. The van der Waals surface area contributed by atoms with E-state index in [2.05, 4.69) is 10.3 Å². The lowest BCUT2D eigenvalue weighted by Crippen LogP contribution is -2.32. The highest BCUT2D eigenvalue weighted by Gasteiger charge is 2.18. The van der Waals surface area contributed by atoms with E-state index in [9.17, 15) is 9.59 Å². The van der Waals surface area contributed by atoms with Crippen molar-refractivity contribution in [2.24, 2.45) is 0 Å². The number of para-hydroxylation sites is 1. The summed E-state index contributed by atoms with van der Waals surface area (Å²) < 4.78 is 5.32. The fourth-order valence-electron chi connectivity index (χ4n) is 2.18.